The lowest BCUT2D eigenvalue weighted by Crippen LogP contribution is -2.99. The van der Waals surface area contributed by atoms with E-state index in [1.165, 1.54) is 30.2 Å². The molecule has 0 saturated heterocycles. The molecule has 3 aromatic carbocycles. The fourth-order valence-electron chi connectivity index (χ4n) is 5.83. The van der Waals surface area contributed by atoms with Crippen molar-refractivity contribution in [3.63, 3.8) is 0 Å². The van der Waals surface area contributed by atoms with E-state index < -0.39 is 29.2 Å². The maximum atomic E-state index is 14.4. The number of quaternary nitrogens is 1. The van der Waals surface area contributed by atoms with Gasteiger partial charge in [-0.3, -0.25) is 4.79 Å². The number of aromatic nitrogens is 1. The van der Waals surface area contributed by atoms with Crippen molar-refractivity contribution in [2.45, 2.75) is 18.5 Å². The van der Waals surface area contributed by atoms with Crippen molar-refractivity contribution < 1.29 is 38.7 Å². The van der Waals surface area contributed by atoms with E-state index in [0.29, 0.717) is 28.4 Å². The molecule has 5 aromatic rings. The molecule has 11 nitrogen and oxygen atoms in total. The van der Waals surface area contributed by atoms with Crippen molar-refractivity contribution in [3.8, 4) is 22.8 Å². The van der Waals surface area contributed by atoms with Crippen LogP contribution in [0.1, 0.15) is 33.4 Å². The Labute approximate surface area is 239 Å². The highest BCUT2D eigenvalue weighted by Gasteiger charge is 2.45. The number of rotatable bonds is 5. The average molecular weight is 568 g/mol. The summed E-state index contributed by atoms with van der Waals surface area (Å²) < 4.78 is 22.4. The van der Waals surface area contributed by atoms with Gasteiger partial charge in [0.05, 0.1) is 13.2 Å². The predicted molar refractivity (Wildman–Crippen MR) is 148 cm³/mol. The van der Waals surface area contributed by atoms with Gasteiger partial charge in [-0.05, 0) is 41.5 Å². The Hall–Kier alpha value is -5.10. The molecule has 42 heavy (non-hydrogen) atoms. The van der Waals surface area contributed by atoms with E-state index in [2.05, 4.69) is 4.98 Å². The first kappa shape index (κ1) is 25.8. The molecule has 0 bridgehead atoms. The summed E-state index contributed by atoms with van der Waals surface area (Å²) in [5, 5.41) is 20.8. The van der Waals surface area contributed by atoms with E-state index >= 15 is 0 Å². The summed E-state index contributed by atoms with van der Waals surface area (Å²) in [6.07, 6.45) is 0.229. The van der Waals surface area contributed by atoms with Crippen molar-refractivity contribution in [3.05, 3.63) is 107 Å². The molecule has 0 spiro atoms. The number of nitrogens with one attached hydrogen (secondary N) is 2. The van der Waals surface area contributed by atoms with Gasteiger partial charge in [-0.25, -0.2) is 10.0 Å². The lowest BCUT2D eigenvalue weighted by atomic mass is 9.87. The highest BCUT2D eigenvalue weighted by molar-refractivity contribution is 5.97. The number of furan rings is 1. The first-order chi connectivity index (χ1) is 20.4. The van der Waals surface area contributed by atoms with Crippen molar-refractivity contribution in [2.75, 3.05) is 13.9 Å². The van der Waals surface area contributed by atoms with E-state index in [0.717, 1.165) is 22.2 Å². The standard InChI is InChI=1S/C31H25N3O8/c1-39-31(36)23-15-21-20-7-2-3-8-22(20)32-28(21)29(18-9-10-25-27(14-18)41-16-40-25)33(23)30(35)26-12-11-24(42-26)17-5-4-6-19(13-17)34(37)38/h2-14,23,29,32,34,37H,15-16H2,1H3. The van der Waals surface area contributed by atoms with Crippen LogP contribution >= 0.6 is 0 Å². The fourth-order valence-corrected chi connectivity index (χ4v) is 5.83. The number of hydrogen-bond acceptors (Lipinski definition) is 8. The molecule has 0 fully saturated rings. The Bertz CT molecular complexity index is 1840. The second-order valence-electron chi connectivity index (χ2n) is 10.1. The maximum absolute atomic E-state index is 14.4. The second kappa shape index (κ2) is 10.1. The molecule has 4 heterocycles. The molecule has 3 N–H and O–H groups in total. The minimum Gasteiger partial charge on any atom is -0.595 e. The number of esters is 1. The highest BCUT2D eigenvalue weighted by atomic mass is 16.8. The Morgan fingerprint density at radius 2 is 1.86 bits per heavy atom. The van der Waals surface area contributed by atoms with E-state index in [9.17, 15) is 20.0 Å². The predicted octanol–water partition coefficient (Wildman–Crippen LogP) is 3.89. The van der Waals surface area contributed by atoms with Crippen molar-refractivity contribution in [1.82, 2.24) is 9.88 Å². The van der Waals surface area contributed by atoms with E-state index in [4.69, 9.17) is 18.6 Å². The Balaban J connectivity index is 1.37. The number of H-pyrrole nitrogens is 1. The molecule has 2 aliphatic heterocycles. The van der Waals surface area contributed by atoms with Gasteiger partial charge < -0.3 is 33.7 Å². The van der Waals surface area contributed by atoms with Crippen LogP contribution in [-0.2, 0) is 16.0 Å². The molecule has 3 atom stereocenters. The number of fused-ring (bicyclic) bond motifs is 4. The zero-order valence-electron chi connectivity index (χ0n) is 22.3. The lowest BCUT2D eigenvalue weighted by Gasteiger charge is -2.40. The van der Waals surface area contributed by atoms with Gasteiger partial charge in [0.1, 0.15) is 11.8 Å². The number of carbonyl (C=O) groups excluding carboxylic acids is 2. The molecule has 0 radical (unpaired) electrons. The summed E-state index contributed by atoms with van der Waals surface area (Å²) in [6.45, 7) is 0.0901. The summed E-state index contributed by atoms with van der Waals surface area (Å²) in [7, 11) is 1.30. The Kier molecular flexibility index (Phi) is 6.19. The van der Waals surface area contributed by atoms with Crippen LogP contribution in [0.15, 0.2) is 83.3 Å². The Morgan fingerprint density at radius 3 is 2.69 bits per heavy atom. The number of carbonyl (C=O) groups is 2. The maximum Gasteiger partial charge on any atom is 0.328 e. The molecule has 2 aromatic heterocycles. The van der Waals surface area contributed by atoms with Crippen LogP contribution in [0.5, 0.6) is 11.5 Å². The molecule has 0 aliphatic carbocycles. The minimum atomic E-state index is -1.07. The van der Waals surface area contributed by atoms with Gasteiger partial charge in [0.25, 0.3) is 5.91 Å². The molecule has 3 unspecified atom stereocenters. The zero-order valence-corrected chi connectivity index (χ0v) is 22.3. The van der Waals surface area contributed by atoms with Gasteiger partial charge in [-0.15, -0.1) is 0 Å². The molecule has 7 rings (SSSR count). The molecule has 212 valence electrons. The summed E-state index contributed by atoms with van der Waals surface area (Å²) in [5.41, 5.74) is 3.86. The third-order valence-corrected chi connectivity index (χ3v) is 7.76. The highest BCUT2D eigenvalue weighted by Crippen LogP contribution is 2.44. The van der Waals surface area contributed by atoms with Crippen LogP contribution in [-0.4, -0.2) is 46.9 Å². The lowest BCUT2D eigenvalue weighted by molar-refractivity contribution is -0.991. The topological polar surface area (TPSA) is 142 Å². The molecule has 11 heteroatoms. The SMILES string of the molecule is COC(=O)C1Cc2c([nH]c3ccccc23)C(c2ccc3c(c2)OCO3)N1C(=O)c1ccc(-c2cccc([NH+]([O-])O)c2)o1. The summed E-state index contributed by atoms with van der Waals surface area (Å²) >= 11 is 0. The van der Waals surface area contributed by atoms with Crippen LogP contribution in [0.4, 0.5) is 5.69 Å². The number of para-hydroxylation sites is 1. The molecule has 0 saturated carbocycles. The quantitative estimate of drug-likeness (QED) is 0.215. The first-order valence-corrected chi connectivity index (χ1v) is 13.3. The fraction of sp³-hybridized carbons (Fsp3) is 0.161. The van der Waals surface area contributed by atoms with Crippen molar-refractivity contribution in [2.24, 2.45) is 0 Å². The van der Waals surface area contributed by atoms with Gasteiger partial charge >= 0.3 is 5.97 Å². The van der Waals surface area contributed by atoms with E-state index in [-0.39, 0.29) is 24.7 Å². The average Bonchev–Trinajstić information content (AvgIpc) is 3.77. The number of aromatic amines is 1. The number of hydrogen-bond donors (Lipinski definition) is 3. The smallest absolute Gasteiger partial charge is 0.328 e. The largest absolute Gasteiger partial charge is 0.595 e. The summed E-state index contributed by atoms with van der Waals surface area (Å²) in [5.74, 6) is 0.345. The summed E-state index contributed by atoms with van der Waals surface area (Å²) in [6, 6.07) is 20.9. The third kappa shape index (κ3) is 4.18. The number of amides is 1. The molecule has 1 amide bonds. The number of ether oxygens (including phenoxy) is 3. The number of benzene rings is 3. The van der Waals surface area contributed by atoms with Crippen molar-refractivity contribution in [1.29, 1.82) is 0 Å². The minimum absolute atomic E-state index is 0.00932. The molecule has 2 aliphatic rings. The van der Waals surface area contributed by atoms with Crippen molar-refractivity contribution >= 4 is 28.5 Å². The monoisotopic (exact) mass is 567 g/mol. The van der Waals surface area contributed by atoms with Crippen LogP contribution in [0.2, 0.25) is 0 Å². The van der Waals surface area contributed by atoms with Gasteiger partial charge in [-0.2, -0.15) is 5.23 Å². The van der Waals surface area contributed by atoms with Crippen LogP contribution < -0.4 is 14.7 Å². The van der Waals surface area contributed by atoms with Gasteiger partial charge in [0.15, 0.2) is 22.9 Å². The normalized spacial score (nSPS) is 18.1. The number of methoxy groups -OCH3 is 1. The van der Waals surface area contributed by atoms with Crippen LogP contribution in [0, 0.1) is 5.21 Å². The van der Waals surface area contributed by atoms with E-state index in [1.54, 1.807) is 24.3 Å². The Morgan fingerprint density at radius 1 is 1.02 bits per heavy atom. The van der Waals surface area contributed by atoms with Gasteiger partial charge in [0.2, 0.25) is 6.79 Å². The first-order valence-electron chi connectivity index (χ1n) is 13.3. The number of nitrogens with zero attached hydrogens (tertiary/aromatic N) is 1. The van der Waals surface area contributed by atoms with Gasteiger partial charge in [0, 0.05) is 40.7 Å². The molecular formula is C31H25N3O8. The van der Waals surface area contributed by atoms with Crippen LogP contribution in [0.25, 0.3) is 22.2 Å². The van der Waals surface area contributed by atoms with Gasteiger partial charge in [-0.1, -0.05) is 36.4 Å². The third-order valence-electron chi connectivity index (χ3n) is 7.76. The zero-order chi connectivity index (χ0) is 29.0. The second-order valence-corrected chi connectivity index (χ2v) is 10.1. The van der Waals surface area contributed by atoms with Crippen LogP contribution in [0.3, 0.4) is 0 Å². The molecular weight excluding hydrogens is 542 g/mol. The van der Waals surface area contributed by atoms with E-state index in [1.807, 2.05) is 36.4 Å². The summed E-state index contributed by atoms with van der Waals surface area (Å²) in [4.78, 5) is 32.6.